The number of amides is 2. The summed E-state index contributed by atoms with van der Waals surface area (Å²) in [5.74, 6) is 0.164. The van der Waals surface area contributed by atoms with E-state index >= 15 is 0 Å². The number of rotatable bonds is 9. The van der Waals surface area contributed by atoms with Crippen molar-refractivity contribution in [3.05, 3.63) is 94.8 Å². The fourth-order valence-corrected chi connectivity index (χ4v) is 6.56. The molecule has 0 atom stereocenters. The van der Waals surface area contributed by atoms with Crippen molar-refractivity contribution in [2.24, 2.45) is 0 Å². The van der Waals surface area contributed by atoms with Crippen molar-refractivity contribution in [1.29, 1.82) is 0 Å². The van der Waals surface area contributed by atoms with E-state index in [4.69, 9.17) is 11.6 Å². The molecule has 0 saturated heterocycles. The van der Waals surface area contributed by atoms with Gasteiger partial charge in [-0.15, -0.1) is 10.2 Å². The van der Waals surface area contributed by atoms with Crippen LogP contribution in [0.5, 0.6) is 0 Å². The van der Waals surface area contributed by atoms with E-state index in [1.54, 1.807) is 22.8 Å². The van der Waals surface area contributed by atoms with Gasteiger partial charge in [-0.2, -0.15) is 0 Å². The van der Waals surface area contributed by atoms with Crippen LogP contribution in [0.3, 0.4) is 0 Å². The number of halogens is 1. The second-order valence-electron chi connectivity index (χ2n) is 9.77. The maximum Gasteiger partial charge on any atom is 0.251 e. The van der Waals surface area contributed by atoms with E-state index in [1.807, 2.05) is 29.2 Å². The number of carbonyl (C=O) groups is 2. The number of carbonyl (C=O) groups excluding carboxylic acids is 2. The lowest BCUT2D eigenvalue weighted by molar-refractivity contribution is -0.116. The van der Waals surface area contributed by atoms with Gasteiger partial charge in [-0.1, -0.05) is 47.6 Å². The number of fused-ring (bicyclic) bond motifs is 1. The number of anilines is 1. The van der Waals surface area contributed by atoms with Crippen LogP contribution in [0.1, 0.15) is 28.2 Å². The number of para-hydroxylation sites is 1. The van der Waals surface area contributed by atoms with Crippen LogP contribution in [0.2, 0.25) is 5.02 Å². The molecule has 218 valence electrons. The van der Waals surface area contributed by atoms with Gasteiger partial charge in [0.15, 0.2) is 11.0 Å². The van der Waals surface area contributed by atoms with Gasteiger partial charge in [0.1, 0.15) is 0 Å². The Morgan fingerprint density at radius 2 is 1.79 bits per heavy atom. The number of sulfonamides is 1. The molecule has 5 rings (SSSR count). The first-order valence-electron chi connectivity index (χ1n) is 13.2. The molecule has 0 bridgehead atoms. The van der Waals surface area contributed by atoms with Crippen LogP contribution < -0.4 is 10.2 Å². The zero-order valence-electron chi connectivity index (χ0n) is 23.0. The third kappa shape index (κ3) is 6.36. The molecule has 2 heterocycles. The lowest BCUT2D eigenvalue weighted by Crippen LogP contribution is -2.36. The van der Waals surface area contributed by atoms with E-state index in [0.29, 0.717) is 33.8 Å². The summed E-state index contributed by atoms with van der Waals surface area (Å²) in [7, 11) is -0.714. The van der Waals surface area contributed by atoms with Gasteiger partial charge in [0.25, 0.3) is 5.91 Å². The second kappa shape index (κ2) is 12.7. The summed E-state index contributed by atoms with van der Waals surface area (Å²) in [5, 5.41) is 12.5. The van der Waals surface area contributed by atoms with E-state index < -0.39 is 15.9 Å². The monoisotopic (exact) mass is 624 g/mol. The quantitative estimate of drug-likeness (QED) is 0.278. The van der Waals surface area contributed by atoms with Crippen molar-refractivity contribution < 1.29 is 18.0 Å². The minimum atomic E-state index is -3.61. The fourth-order valence-electron chi connectivity index (χ4n) is 4.63. The van der Waals surface area contributed by atoms with E-state index in [2.05, 4.69) is 21.6 Å². The highest BCUT2D eigenvalue weighted by Gasteiger charge is 2.24. The van der Waals surface area contributed by atoms with Gasteiger partial charge in [-0.3, -0.25) is 14.2 Å². The molecule has 3 aromatic carbocycles. The standard InChI is InChI=1S/C29H29ClN6O4S2/c1-34(2)42(39,40)24-14-12-21(13-15-24)28(38)31-18-26-32-33-29(36(26)23-10-5-9-22(30)17-23)41-19-27(37)35-16-6-8-20-7-3-4-11-25(20)35/h3-5,7,9-15,17H,6,8,16,18-19H2,1-2H3,(H,31,38). The first-order chi connectivity index (χ1) is 20.1. The normalized spacial score (nSPS) is 13.2. The average Bonchev–Trinajstić information content (AvgIpc) is 3.41. The zero-order valence-corrected chi connectivity index (χ0v) is 25.4. The number of aryl methyl sites for hydroxylation is 1. The molecule has 0 spiro atoms. The molecular formula is C29H29ClN6O4S2. The number of nitrogens with one attached hydrogen (secondary N) is 1. The van der Waals surface area contributed by atoms with E-state index in [0.717, 1.165) is 28.4 Å². The molecule has 0 unspecified atom stereocenters. The fraction of sp³-hybridized carbons (Fsp3) is 0.241. The molecular weight excluding hydrogens is 596 g/mol. The summed E-state index contributed by atoms with van der Waals surface area (Å²) in [5.41, 5.74) is 3.09. The van der Waals surface area contributed by atoms with Gasteiger partial charge in [0.2, 0.25) is 15.9 Å². The van der Waals surface area contributed by atoms with Gasteiger partial charge >= 0.3 is 0 Å². The summed E-state index contributed by atoms with van der Waals surface area (Å²) in [4.78, 5) is 28.1. The number of thioether (sulfide) groups is 1. The Balaban J connectivity index is 1.33. The largest absolute Gasteiger partial charge is 0.345 e. The maximum atomic E-state index is 13.3. The Bertz CT molecular complexity index is 1720. The summed E-state index contributed by atoms with van der Waals surface area (Å²) < 4.78 is 27.5. The van der Waals surface area contributed by atoms with Crippen molar-refractivity contribution >= 4 is 50.9 Å². The number of benzene rings is 3. The van der Waals surface area contributed by atoms with Crippen molar-refractivity contribution in [3.8, 4) is 5.69 Å². The van der Waals surface area contributed by atoms with Crippen LogP contribution in [0.25, 0.3) is 5.69 Å². The predicted molar refractivity (Wildman–Crippen MR) is 163 cm³/mol. The number of hydrogen-bond acceptors (Lipinski definition) is 7. The summed E-state index contributed by atoms with van der Waals surface area (Å²) in [6.07, 6.45) is 1.86. The van der Waals surface area contributed by atoms with E-state index in [1.165, 1.54) is 50.1 Å². The minimum absolute atomic E-state index is 0.0256. The van der Waals surface area contributed by atoms with Gasteiger partial charge in [-0.05, 0) is 66.9 Å². The van der Waals surface area contributed by atoms with Crippen LogP contribution in [0, 0.1) is 0 Å². The molecule has 13 heteroatoms. The minimum Gasteiger partial charge on any atom is -0.345 e. The number of aromatic nitrogens is 3. The van der Waals surface area contributed by atoms with Gasteiger partial charge in [0, 0.05) is 36.9 Å². The van der Waals surface area contributed by atoms with Crippen LogP contribution in [-0.4, -0.2) is 65.7 Å². The van der Waals surface area contributed by atoms with E-state index in [9.17, 15) is 18.0 Å². The highest BCUT2D eigenvalue weighted by atomic mass is 35.5. The highest BCUT2D eigenvalue weighted by molar-refractivity contribution is 7.99. The molecule has 1 aliphatic heterocycles. The number of nitrogens with zero attached hydrogens (tertiary/aromatic N) is 5. The van der Waals surface area contributed by atoms with Crippen molar-refractivity contribution in [2.45, 2.75) is 29.4 Å². The SMILES string of the molecule is CN(C)S(=O)(=O)c1ccc(C(=O)NCc2nnc(SCC(=O)N3CCCc4ccccc43)n2-c2cccc(Cl)c2)cc1. The average molecular weight is 625 g/mol. The van der Waals surface area contributed by atoms with Crippen LogP contribution >= 0.6 is 23.4 Å². The smallest absolute Gasteiger partial charge is 0.251 e. The van der Waals surface area contributed by atoms with Crippen molar-refractivity contribution in [3.63, 3.8) is 0 Å². The Hall–Kier alpha value is -3.71. The molecule has 42 heavy (non-hydrogen) atoms. The van der Waals surface area contributed by atoms with Gasteiger partial charge in [0.05, 0.1) is 22.9 Å². The van der Waals surface area contributed by atoms with Crippen molar-refractivity contribution in [1.82, 2.24) is 24.4 Å². The maximum absolute atomic E-state index is 13.3. The molecule has 1 aliphatic rings. The Morgan fingerprint density at radius 3 is 2.52 bits per heavy atom. The summed E-state index contributed by atoms with van der Waals surface area (Å²) >= 11 is 7.54. The molecule has 0 radical (unpaired) electrons. The third-order valence-electron chi connectivity index (χ3n) is 6.80. The van der Waals surface area contributed by atoms with Crippen molar-refractivity contribution in [2.75, 3.05) is 31.3 Å². The lowest BCUT2D eigenvalue weighted by Gasteiger charge is -2.29. The molecule has 10 nitrogen and oxygen atoms in total. The lowest BCUT2D eigenvalue weighted by atomic mass is 10.0. The molecule has 0 fully saturated rings. The Labute approximate surface area is 253 Å². The topological polar surface area (TPSA) is 118 Å². The van der Waals surface area contributed by atoms with Gasteiger partial charge < -0.3 is 10.2 Å². The number of hydrogen-bond donors (Lipinski definition) is 1. The molecule has 1 aromatic heterocycles. The third-order valence-corrected chi connectivity index (χ3v) is 9.78. The molecule has 0 saturated carbocycles. The summed E-state index contributed by atoms with van der Waals surface area (Å²) in [6, 6.07) is 20.8. The second-order valence-corrected chi connectivity index (χ2v) is 13.3. The zero-order chi connectivity index (χ0) is 29.9. The molecule has 0 aliphatic carbocycles. The van der Waals surface area contributed by atoms with Crippen LogP contribution in [0.4, 0.5) is 5.69 Å². The molecule has 2 amide bonds. The van der Waals surface area contributed by atoms with Gasteiger partial charge in [-0.25, -0.2) is 12.7 Å². The summed E-state index contributed by atoms with van der Waals surface area (Å²) in [6.45, 7) is 0.695. The predicted octanol–water partition coefficient (Wildman–Crippen LogP) is 4.17. The highest BCUT2D eigenvalue weighted by Crippen LogP contribution is 2.29. The first kappa shape index (κ1) is 29.8. The molecule has 1 N–H and O–H groups in total. The molecule has 4 aromatic rings. The Morgan fingerprint density at radius 1 is 1.02 bits per heavy atom. The first-order valence-corrected chi connectivity index (χ1v) is 16.0. The van der Waals surface area contributed by atoms with Crippen LogP contribution in [-0.2, 0) is 27.8 Å². The van der Waals surface area contributed by atoms with E-state index in [-0.39, 0.29) is 23.1 Å². The van der Waals surface area contributed by atoms with Crippen LogP contribution in [0.15, 0.2) is 82.8 Å². The Kier molecular flexibility index (Phi) is 8.97.